The van der Waals surface area contributed by atoms with Crippen LogP contribution < -0.4 is 9.47 Å². The Bertz CT molecular complexity index is 1980. The first kappa shape index (κ1) is 33.2. The predicted molar refractivity (Wildman–Crippen MR) is 148 cm³/mol. The van der Waals surface area contributed by atoms with Gasteiger partial charge in [-0.3, -0.25) is 4.79 Å². The van der Waals surface area contributed by atoms with Crippen molar-refractivity contribution in [3.8, 4) is 44.5 Å². The second-order valence-corrected chi connectivity index (χ2v) is 10.8. The number of carbonyl (C=O) groups excluding carboxylic acids is 1. The summed E-state index contributed by atoms with van der Waals surface area (Å²) in [5, 5.41) is 6.30. The highest BCUT2D eigenvalue weighted by atomic mass is 32.1. The van der Waals surface area contributed by atoms with E-state index in [9.17, 15) is 39.9 Å². The third-order valence-corrected chi connectivity index (χ3v) is 7.36. The molecule has 0 amide bonds. The van der Waals surface area contributed by atoms with Gasteiger partial charge in [-0.15, -0.1) is 0 Å². The Morgan fingerprint density at radius 2 is 1.17 bits per heavy atom. The van der Waals surface area contributed by atoms with Crippen LogP contribution >= 0.6 is 22.7 Å². The molecule has 0 N–H and O–H groups in total. The quantitative estimate of drug-likeness (QED) is 0.102. The van der Waals surface area contributed by atoms with Gasteiger partial charge in [0.25, 0.3) is 29.7 Å². The van der Waals surface area contributed by atoms with E-state index in [1.807, 2.05) is 0 Å². The molecule has 6 rings (SSSR count). The van der Waals surface area contributed by atoms with Gasteiger partial charge in [0.1, 0.15) is 34.5 Å². The van der Waals surface area contributed by atoms with Gasteiger partial charge in [-0.25, -0.2) is 45.1 Å². The molecule has 2 aromatic carbocycles. The Labute approximate surface area is 265 Å². The van der Waals surface area contributed by atoms with Crippen LogP contribution in [0.15, 0.2) is 70.0 Å². The first-order valence-corrected chi connectivity index (χ1v) is 14.2. The van der Waals surface area contributed by atoms with Gasteiger partial charge >= 0.3 is 0 Å². The summed E-state index contributed by atoms with van der Waals surface area (Å²) in [4.78, 5) is 18.2. The van der Waals surface area contributed by atoms with Crippen LogP contribution in [0, 0.1) is 11.6 Å². The Morgan fingerprint density at radius 3 is 1.57 bits per heavy atom. The summed E-state index contributed by atoms with van der Waals surface area (Å²) >= 11 is 1.54. The van der Waals surface area contributed by atoms with Gasteiger partial charge in [0.15, 0.2) is 17.8 Å². The molecule has 4 aromatic heterocycles. The number of aldehydes is 1. The molecule has 0 fully saturated rings. The summed E-state index contributed by atoms with van der Waals surface area (Å²) in [6.45, 7) is 0. The van der Waals surface area contributed by atoms with Gasteiger partial charge in [-0.1, -0.05) is 45.1 Å². The maximum Gasteiger partial charge on any atom is 0.283 e. The van der Waals surface area contributed by atoms with Crippen LogP contribution in [0.4, 0.5) is 35.1 Å². The van der Waals surface area contributed by atoms with Crippen LogP contribution in [0.1, 0.15) is 45.2 Å². The fraction of sp³-hybridized carbons (Fsp3) is 0.107. The van der Waals surface area contributed by atoms with Gasteiger partial charge in [0, 0.05) is 12.1 Å². The normalized spacial score (nSPS) is 11.2. The largest absolute Gasteiger partial charge is 0.430 e. The van der Waals surface area contributed by atoms with Crippen LogP contribution in [0.25, 0.3) is 22.6 Å². The molecule has 0 aliphatic heterocycles. The average molecular weight is 703 g/mol. The number of alkyl halides is 6. The maximum atomic E-state index is 14.1. The first-order chi connectivity index (χ1) is 22.5. The van der Waals surface area contributed by atoms with Gasteiger partial charge in [0.2, 0.25) is 0 Å². The zero-order chi connectivity index (χ0) is 33.7. The number of halogens is 8. The van der Waals surface area contributed by atoms with Gasteiger partial charge in [0.05, 0.1) is 33.3 Å². The molecule has 19 heteroatoms. The van der Waals surface area contributed by atoms with Crippen molar-refractivity contribution in [3.63, 3.8) is 0 Å². The Hall–Kier alpha value is -5.17. The highest BCUT2D eigenvalue weighted by Gasteiger charge is 2.23. The van der Waals surface area contributed by atoms with Crippen LogP contribution in [-0.2, 0) is 0 Å². The third-order valence-electron chi connectivity index (χ3n) is 5.68. The van der Waals surface area contributed by atoms with Gasteiger partial charge in [-0.2, -0.15) is 0 Å². The van der Waals surface area contributed by atoms with E-state index in [0.717, 1.165) is 41.8 Å². The number of ether oxygens (including phenoxy) is 2. The first-order valence-electron chi connectivity index (χ1n) is 12.6. The zero-order valence-corrected chi connectivity index (χ0v) is 24.4. The van der Waals surface area contributed by atoms with Crippen molar-refractivity contribution in [1.82, 2.24) is 20.3 Å². The fourth-order valence-corrected chi connectivity index (χ4v) is 4.88. The van der Waals surface area contributed by atoms with Crippen molar-refractivity contribution in [2.45, 2.75) is 19.3 Å². The molecule has 0 atom stereocenters. The van der Waals surface area contributed by atoms with Crippen molar-refractivity contribution in [2.75, 3.05) is 0 Å². The second kappa shape index (κ2) is 14.5. The van der Waals surface area contributed by atoms with E-state index in [4.69, 9.17) is 18.5 Å². The summed E-state index contributed by atoms with van der Waals surface area (Å²) in [5.74, 6) is -2.12. The van der Waals surface area contributed by atoms with Crippen LogP contribution in [0.2, 0.25) is 0 Å². The molecule has 0 saturated heterocycles. The number of aromatic nitrogens is 4. The van der Waals surface area contributed by atoms with Crippen molar-refractivity contribution in [1.29, 1.82) is 0 Å². The van der Waals surface area contributed by atoms with E-state index in [1.54, 1.807) is 0 Å². The molecule has 6 aromatic rings. The molecule has 244 valence electrons. The van der Waals surface area contributed by atoms with Crippen LogP contribution in [0.3, 0.4) is 0 Å². The lowest BCUT2D eigenvalue weighted by Gasteiger charge is -2.07. The van der Waals surface area contributed by atoms with Crippen LogP contribution in [-0.4, -0.2) is 26.6 Å². The van der Waals surface area contributed by atoms with E-state index in [2.05, 4.69) is 20.3 Å². The zero-order valence-electron chi connectivity index (χ0n) is 22.8. The van der Waals surface area contributed by atoms with Crippen LogP contribution in [0.5, 0.6) is 21.9 Å². The van der Waals surface area contributed by atoms with E-state index in [0.29, 0.717) is 22.5 Å². The second-order valence-electron chi connectivity index (χ2n) is 8.74. The SMILES string of the molecule is Fc1cccc(Oc2ncc(C(F)F)s2)c1-c1cc(C(F)F)no1.O=Cc1cnc(Oc2cccc(F)c2-c2cc(C(F)F)no2)s1. The molecule has 4 heterocycles. The number of nitrogens with zero attached hydrogens (tertiary/aromatic N) is 4. The van der Waals surface area contributed by atoms with Crippen molar-refractivity contribution >= 4 is 29.0 Å². The monoisotopic (exact) mass is 702 g/mol. The Morgan fingerprint density at radius 1 is 0.681 bits per heavy atom. The Balaban J connectivity index is 0.000000185. The van der Waals surface area contributed by atoms with Gasteiger partial charge in [-0.05, 0) is 24.3 Å². The van der Waals surface area contributed by atoms with Crippen molar-refractivity contribution in [2.24, 2.45) is 0 Å². The standard InChI is InChI=1S/C14H7F5N2O2S.C14H7F3N2O3S/c15-6-2-1-3-8(22-14-20-5-10(24-14)13(18)19)11(6)9-4-7(12(16)17)21-23-9;15-8-2-1-3-10(21-14-18-5-7(6-20)23-14)12(8)11-4-9(13(16)17)19-22-11/h1-5,12-13H;1-6,13H. The minimum atomic E-state index is -2.88. The van der Waals surface area contributed by atoms with E-state index in [-0.39, 0.29) is 49.4 Å². The highest BCUT2D eigenvalue weighted by molar-refractivity contribution is 7.15. The molecule has 47 heavy (non-hydrogen) atoms. The number of rotatable bonds is 10. The number of thiazole rings is 2. The van der Waals surface area contributed by atoms with E-state index >= 15 is 0 Å². The molecular formula is C28H14F8N4O5S2. The molecular weight excluding hydrogens is 688 g/mol. The smallest absolute Gasteiger partial charge is 0.283 e. The van der Waals surface area contributed by atoms with Crippen molar-refractivity contribution in [3.05, 3.63) is 93.7 Å². The molecule has 0 aliphatic rings. The number of hydrogen-bond acceptors (Lipinski definition) is 11. The predicted octanol–water partition coefficient (Wildman–Crippen LogP) is 10.1. The average Bonchev–Trinajstić information content (AvgIpc) is 3.85. The minimum Gasteiger partial charge on any atom is -0.430 e. The van der Waals surface area contributed by atoms with E-state index < -0.39 is 42.3 Å². The topological polar surface area (TPSA) is 113 Å². The summed E-state index contributed by atoms with van der Waals surface area (Å²) in [5.41, 5.74) is -1.68. The Kier molecular flexibility index (Phi) is 10.2. The molecule has 0 radical (unpaired) electrons. The third kappa shape index (κ3) is 7.80. The molecule has 9 nitrogen and oxygen atoms in total. The molecule has 0 aliphatic carbocycles. The highest BCUT2D eigenvalue weighted by Crippen LogP contribution is 2.40. The van der Waals surface area contributed by atoms with E-state index in [1.165, 1.54) is 30.5 Å². The maximum absolute atomic E-state index is 14.1. The number of carbonyl (C=O) groups is 1. The van der Waals surface area contributed by atoms with Gasteiger partial charge < -0.3 is 18.5 Å². The summed E-state index contributed by atoms with van der Waals surface area (Å²) in [6.07, 6.45) is -5.59. The van der Waals surface area contributed by atoms with Crippen molar-refractivity contribution < 1.29 is 58.4 Å². The minimum absolute atomic E-state index is 0.00812. The number of benzene rings is 2. The summed E-state index contributed by atoms with van der Waals surface area (Å²) in [7, 11) is 0. The lowest BCUT2D eigenvalue weighted by Crippen LogP contribution is -1.90. The molecule has 0 unspecified atom stereocenters. The fourth-order valence-electron chi connectivity index (χ4n) is 3.65. The lowest BCUT2D eigenvalue weighted by molar-refractivity contribution is 0.112. The molecule has 0 spiro atoms. The lowest BCUT2D eigenvalue weighted by atomic mass is 10.1. The molecule has 0 bridgehead atoms. The number of hydrogen-bond donors (Lipinski definition) is 0. The summed E-state index contributed by atoms with van der Waals surface area (Å²) in [6, 6.07) is 9.45. The summed E-state index contributed by atoms with van der Waals surface area (Å²) < 4.78 is 124. The molecule has 0 saturated carbocycles.